The predicted molar refractivity (Wildman–Crippen MR) is 143 cm³/mol. The van der Waals surface area contributed by atoms with Crippen LogP contribution in [-0.4, -0.2) is 104 Å². The smallest absolute Gasteiger partial charge is 0.249 e. The van der Waals surface area contributed by atoms with E-state index in [9.17, 15) is 14.7 Å². The topological polar surface area (TPSA) is 109 Å². The van der Waals surface area contributed by atoms with Crippen LogP contribution in [-0.2, 0) is 14.3 Å². The lowest BCUT2D eigenvalue weighted by Crippen LogP contribution is -2.49. The van der Waals surface area contributed by atoms with Crippen molar-refractivity contribution in [1.29, 1.82) is 0 Å². The third kappa shape index (κ3) is 5.79. The lowest BCUT2D eigenvalue weighted by molar-refractivity contribution is -0.136. The number of nitrogens with two attached hydrogens (primary N) is 1. The van der Waals surface area contributed by atoms with Gasteiger partial charge in [0, 0.05) is 50.6 Å². The minimum atomic E-state index is -0.774. The Bertz CT molecular complexity index is 985. The zero-order valence-electron chi connectivity index (χ0n) is 23.1. The molecule has 3 fully saturated rings. The van der Waals surface area contributed by atoms with Crippen molar-refractivity contribution in [1.82, 2.24) is 9.80 Å². The molecule has 0 bridgehead atoms. The largest absolute Gasteiger partial charge is 0.388 e. The van der Waals surface area contributed by atoms with Crippen molar-refractivity contribution in [2.24, 2.45) is 11.1 Å². The van der Waals surface area contributed by atoms with Crippen LogP contribution in [0.2, 0.25) is 0 Å². The van der Waals surface area contributed by atoms with Crippen LogP contribution in [0.3, 0.4) is 0 Å². The number of piperazine rings is 1. The Labute approximate surface area is 220 Å². The second kappa shape index (κ2) is 10.9. The Balaban J connectivity index is 1.70. The van der Waals surface area contributed by atoms with Crippen LogP contribution in [0.1, 0.15) is 62.9 Å². The third-order valence-corrected chi connectivity index (χ3v) is 8.08. The Morgan fingerprint density at radius 2 is 1.86 bits per heavy atom. The highest BCUT2D eigenvalue weighted by molar-refractivity contribution is 5.97. The van der Waals surface area contributed by atoms with Gasteiger partial charge in [-0.2, -0.15) is 0 Å². The van der Waals surface area contributed by atoms with Crippen LogP contribution in [0.15, 0.2) is 18.2 Å². The molecule has 9 heteroatoms. The van der Waals surface area contributed by atoms with E-state index in [-0.39, 0.29) is 30.1 Å². The van der Waals surface area contributed by atoms with Gasteiger partial charge in [0.25, 0.3) is 0 Å². The van der Waals surface area contributed by atoms with E-state index in [0.29, 0.717) is 30.1 Å². The number of carbonyl (C=O) groups excluding carboxylic acids is 2. The minimum absolute atomic E-state index is 0.127. The standard InChI is InChI=1S/C28H44N4O5/c1-17(2)30-9-11-31(12-10-30)18-7-8-19(26(29)34)20(13-18)21(14-28(3,4)5)27(35)32-15-23(36-6)25-24(32)22(33)16-37-25/h7-8,13,17,21-25,33H,9-12,14-16H2,1-6H3,(H2,29,34)/t21-,22-,23+,24+,25+/m0/s1. The van der Waals surface area contributed by atoms with Crippen molar-refractivity contribution in [2.45, 2.75) is 77.4 Å². The molecule has 3 aliphatic heterocycles. The van der Waals surface area contributed by atoms with Crippen LogP contribution in [0.5, 0.6) is 0 Å². The first-order valence-corrected chi connectivity index (χ1v) is 13.5. The summed E-state index contributed by atoms with van der Waals surface area (Å²) in [4.78, 5) is 33.3. The molecule has 0 spiro atoms. The monoisotopic (exact) mass is 516 g/mol. The van der Waals surface area contributed by atoms with Gasteiger partial charge < -0.3 is 30.1 Å². The van der Waals surface area contributed by atoms with Crippen LogP contribution in [0.4, 0.5) is 5.69 Å². The van der Waals surface area contributed by atoms with Gasteiger partial charge in [0.05, 0.1) is 25.1 Å². The molecule has 0 aromatic heterocycles. The number of hydrogen-bond donors (Lipinski definition) is 2. The van der Waals surface area contributed by atoms with Crippen LogP contribution in [0, 0.1) is 5.41 Å². The number of aliphatic hydroxyl groups is 1. The highest BCUT2D eigenvalue weighted by atomic mass is 16.6. The number of nitrogens with zero attached hydrogens (tertiary/aromatic N) is 3. The molecule has 5 atom stereocenters. The molecule has 0 saturated carbocycles. The van der Waals surface area contributed by atoms with Gasteiger partial charge in [0.1, 0.15) is 18.3 Å². The number of ether oxygens (including phenoxy) is 2. The SMILES string of the molecule is CO[C@@H]1CN(C(=O)[C@@H](CC(C)(C)C)c2cc(N3CCN(C(C)C)CC3)ccc2C(N)=O)[C@H]2[C@@H]1OC[C@@H]2O. The average Bonchev–Trinajstić information content (AvgIpc) is 3.41. The van der Waals surface area contributed by atoms with Gasteiger partial charge >= 0.3 is 0 Å². The molecular formula is C28H44N4O5. The fraction of sp³-hybridized carbons (Fsp3) is 0.714. The number of carbonyl (C=O) groups is 2. The third-order valence-electron chi connectivity index (χ3n) is 8.08. The summed E-state index contributed by atoms with van der Waals surface area (Å²) in [7, 11) is 1.60. The summed E-state index contributed by atoms with van der Waals surface area (Å²) >= 11 is 0. The van der Waals surface area contributed by atoms with Gasteiger partial charge in [-0.25, -0.2) is 0 Å². The Hall–Kier alpha value is -2.20. The van der Waals surface area contributed by atoms with Crippen molar-refractivity contribution in [3.63, 3.8) is 0 Å². The van der Waals surface area contributed by atoms with Gasteiger partial charge in [0.2, 0.25) is 11.8 Å². The number of fused-ring (bicyclic) bond motifs is 1. The second-order valence-corrected chi connectivity index (χ2v) is 12.2. The molecule has 3 aliphatic rings. The molecule has 2 amide bonds. The Kier molecular flexibility index (Phi) is 8.19. The quantitative estimate of drug-likeness (QED) is 0.569. The van der Waals surface area contributed by atoms with Crippen molar-refractivity contribution in [3.8, 4) is 0 Å². The maximum Gasteiger partial charge on any atom is 0.249 e. The van der Waals surface area contributed by atoms with Crippen molar-refractivity contribution >= 4 is 17.5 Å². The number of amides is 2. The first kappa shape index (κ1) is 27.8. The number of rotatable bonds is 7. The van der Waals surface area contributed by atoms with Crippen molar-refractivity contribution < 1.29 is 24.2 Å². The highest BCUT2D eigenvalue weighted by Crippen LogP contribution is 2.40. The minimum Gasteiger partial charge on any atom is -0.388 e. The maximum absolute atomic E-state index is 14.3. The molecule has 4 rings (SSSR count). The zero-order valence-corrected chi connectivity index (χ0v) is 23.1. The number of hydrogen-bond acceptors (Lipinski definition) is 7. The fourth-order valence-electron chi connectivity index (χ4n) is 6.10. The molecule has 9 nitrogen and oxygen atoms in total. The van der Waals surface area contributed by atoms with Crippen molar-refractivity contribution in [3.05, 3.63) is 29.3 Å². The maximum atomic E-state index is 14.3. The van der Waals surface area contributed by atoms with E-state index in [1.54, 1.807) is 18.1 Å². The van der Waals surface area contributed by atoms with Crippen LogP contribution < -0.4 is 10.6 Å². The van der Waals surface area contributed by atoms with Gasteiger partial charge in [0.15, 0.2) is 0 Å². The summed E-state index contributed by atoms with van der Waals surface area (Å²) < 4.78 is 11.4. The lowest BCUT2D eigenvalue weighted by atomic mass is 9.79. The molecule has 0 aliphatic carbocycles. The number of aliphatic hydroxyl groups excluding tert-OH is 1. The van der Waals surface area contributed by atoms with Crippen molar-refractivity contribution in [2.75, 3.05) is 51.3 Å². The van der Waals surface area contributed by atoms with E-state index in [4.69, 9.17) is 15.2 Å². The number of methoxy groups -OCH3 is 1. The van der Waals surface area contributed by atoms with E-state index in [0.717, 1.165) is 31.9 Å². The summed E-state index contributed by atoms with van der Waals surface area (Å²) in [6.45, 7) is 14.9. The van der Waals surface area contributed by atoms with Gasteiger partial charge in [-0.1, -0.05) is 20.8 Å². The normalized spacial score (nSPS) is 27.6. The predicted octanol–water partition coefficient (Wildman–Crippen LogP) is 1.82. The molecule has 0 unspecified atom stereocenters. The molecule has 1 aromatic carbocycles. The summed E-state index contributed by atoms with van der Waals surface area (Å²) in [6, 6.07) is 5.73. The van der Waals surface area contributed by atoms with Crippen LogP contribution >= 0.6 is 0 Å². The molecule has 1 aromatic rings. The van der Waals surface area contributed by atoms with Crippen LogP contribution in [0.25, 0.3) is 0 Å². The molecule has 37 heavy (non-hydrogen) atoms. The van der Waals surface area contributed by atoms with E-state index < -0.39 is 24.0 Å². The number of primary amides is 1. The van der Waals surface area contributed by atoms with E-state index in [2.05, 4.69) is 44.4 Å². The molecule has 3 saturated heterocycles. The Morgan fingerprint density at radius 1 is 1.19 bits per heavy atom. The summed E-state index contributed by atoms with van der Waals surface area (Å²) in [5, 5.41) is 10.7. The first-order valence-electron chi connectivity index (χ1n) is 13.5. The molecule has 206 valence electrons. The van der Waals surface area contributed by atoms with Gasteiger partial charge in [-0.15, -0.1) is 0 Å². The van der Waals surface area contributed by atoms with E-state index in [1.807, 2.05) is 12.1 Å². The second-order valence-electron chi connectivity index (χ2n) is 12.2. The zero-order chi connectivity index (χ0) is 27.1. The van der Waals surface area contributed by atoms with E-state index >= 15 is 0 Å². The number of benzene rings is 1. The molecule has 3 N–H and O–H groups in total. The highest BCUT2D eigenvalue weighted by Gasteiger charge is 2.53. The fourth-order valence-corrected chi connectivity index (χ4v) is 6.10. The summed E-state index contributed by atoms with van der Waals surface area (Å²) in [5.74, 6) is -1.27. The van der Waals surface area contributed by atoms with E-state index in [1.165, 1.54) is 0 Å². The number of anilines is 1. The first-order chi connectivity index (χ1) is 17.4. The van der Waals surface area contributed by atoms with Gasteiger partial charge in [-0.3, -0.25) is 14.5 Å². The number of likely N-dealkylation sites (tertiary alicyclic amines) is 1. The Morgan fingerprint density at radius 3 is 2.43 bits per heavy atom. The average molecular weight is 517 g/mol. The molecular weight excluding hydrogens is 472 g/mol. The summed E-state index contributed by atoms with van der Waals surface area (Å²) in [6.07, 6.45) is -0.915. The lowest BCUT2D eigenvalue weighted by Gasteiger charge is -2.38. The molecule has 0 radical (unpaired) electrons. The van der Waals surface area contributed by atoms with Gasteiger partial charge in [-0.05, 0) is 49.4 Å². The summed E-state index contributed by atoms with van der Waals surface area (Å²) in [5.41, 5.74) is 7.66. The molecule has 3 heterocycles.